The molecular formula is C20H25NO2. The smallest absolute Gasteiger partial charge is 0.170 e. The number of hydrogen-bond donors (Lipinski definition) is 0. The molecule has 0 radical (unpaired) electrons. The van der Waals surface area contributed by atoms with Gasteiger partial charge in [0, 0.05) is 6.42 Å². The fourth-order valence-electron chi connectivity index (χ4n) is 2.26. The van der Waals surface area contributed by atoms with Crippen LogP contribution in [-0.2, 0) is 12.8 Å². The zero-order chi connectivity index (χ0) is 16.8. The van der Waals surface area contributed by atoms with E-state index in [4.69, 9.17) is 4.74 Å². The number of Topliss-reactive ketones (excluding diaryl/α,β-unsaturated/α-hetero) is 1. The lowest BCUT2D eigenvalue weighted by molar-refractivity contribution is 0.0786. The van der Waals surface area contributed by atoms with Crippen molar-refractivity contribution >= 4 is 5.78 Å². The van der Waals surface area contributed by atoms with E-state index in [9.17, 15) is 4.79 Å². The van der Waals surface area contributed by atoms with Gasteiger partial charge < -0.3 is 4.74 Å². The van der Waals surface area contributed by atoms with Crippen molar-refractivity contribution in [1.29, 1.82) is 0 Å². The second kappa shape index (κ2) is 7.93. The van der Waals surface area contributed by atoms with Crippen LogP contribution >= 0.6 is 0 Å². The van der Waals surface area contributed by atoms with Crippen molar-refractivity contribution in [2.75, 3.05) is 14.1 Å². The molecule has 2 aromatic rings. The van der Waals surface area contributed by atoms with E-state index < -0.39 is 0 Å². The van der Waals surface area contributed by atoms with Crippen LogP contribution in [0.4, 0.5) is 0 Å². The van der Waals surface area contributed by atoms with Gasteiger partial charge in [0.15, 0.2) is 5.78 Å². The normalized spacial score (nSPS) is 12.2. The van der Waals surface area contributed by atoms with E-state index in [1.807, 2.05) is 62.3 Å². The van der Waals surface area contributed by atoms with Gasteiger partial charge >= 0.3 is 0 Å². The van der Waals surface area contributed by atoms with Gasteiger partial charge in [-0.1, -0.05) is 43.3 Å². The van der Waals surface area contributed by atoms with E-state index in [0.717, 1.165) is 12.0 Å². The Kier molecular flexibility index (Phi) is 5.94. The van der Waals surface area contributed by atoms with E-state index >= 15 is 0 Å². The maximum atomic E-state index is 12.6. The molecule has 0 bridgehead atoms. The molecule has 3 nitrogen and oxygen atoms in total. The Morgan fingerprint density at radius 2 is 1.65 bits per heavy atom. The van der Waals surface area contributed by atoms with Crippen molar-refractivity contribution < 1.29 is 9.53 Å². The zero-order valence-corrected chi connectivity index (χ0v) is 14.4. The van der Waals surface area contributed by atoms with Crippen LogP contribution < -0.4 is 4.74 Å². The maximum absolute atomic E-state index is 12.6. The van der Waals surface area contributed by atoms with Crippen LogP contribution in [0, 0.1) is 0 Å². The Labute approximate surface area is 138 Å². The third-order valence-corrected chi connectivity index (χ3v) is 4.01. The lowest BCUT2D eigenvalue weighted by Gasteiger charge is -2.22. The molecule has 0 spiro atoms. The molecule has 0 amide bonds. The summed E-state index contributed by atoms with van der Waals surface area (Å²) >= 11 is 0. The molecule has 0 saturated carbocycles. The average Bonchev–Trinajstić information content (AvgIpc) is 2.55. The van der Waals surface area contributed by atoms with Crippen LogP contribution in [0.2, 0.25) is 0 Å². The van der Waals surface area contributed by atoms with Gasteiger partial charge in [0.1, 0.15) is 12.0 Å². The highest BCUT2D eigenvalue weighted by atomic mass is 16.5. The molecule has 0 N–H and O–H groups in total. The molecule has 2 aromatic carbocycles. The second-order valence-electron chi connectivity index (χ2n) is 5.95. The topological polar surface area (TPSA) is 29.5 Å². The highest BCUT2D eigenvalue weighted by Gasteiger charge is 2.15. The van der Waals surface area contributed by atoms with E-state index in [2.05, 4.69) is 19.1 Å². The molecule has 0 aromatic heterocycles. The van der Waals surface area contributed by atoms with Crippen LogP contribution in [0.3, 0.4) is 0 Å². The van der Waals surface area contributed by atoms with Crippen molar-refractivity contribution in [2.24, 2.45) is 0 Å². The molecule has 2 rings (SSSR count). The number of rotatable bonds is 7. The fraction of sp³-hybridized carbons (Fsp3) is 0.350. The Hall–Kier alpha value is -2.13. The monoisotopic (exact) mass is 311 g/mol. The summed E-state index contributed by atoms with van der Waals surface area (Å²) in [5.41, 5.74) is 2.95. The first-order valence-electron chi connectivity index (χ1n) is 8.04. The molecule has 0 saturated heterocycles. The molecule has 0 aliphatic carbocycles. The molecule has 1 atom stereocenters. The van der Waals surface area contributed by atoms with Gasteiger partial charge in [0.25, 0.3) is 0 Å². The van der Waals surface area contributed by atoms with Gasteiger partial charge in [-0.15, -0.1) is 0 Å². The van der Waals surface area contributed by atoms with E-state index in [-0.39, 0.29) is 12.0 Å². The highest BCUT2D eigenvalue weighted by molar-refractivity contribution is 5.99. The van der Waals surface area contributed by atoms with Gasteiger partial charge in [-0.3, -0.25) is 9.69 Å². The minimum absolute atomic E-state index is 0.0794. The van der Waals surface area contributed by atoms with E-state index in [0.29, 0.717) is 17.7 Å². The van der Waals surface area contributed by atoms with Crippen molar-refractivity contribution in [3.05, 3.63) is 65.2 Å². The van der Waals surface area contributed by atoms with E-state index in [1.54, 1.807) is 0 Å². The number of ether oxygens (including phenoxy) is 1. The molecule has 1 unspecified atom stereocenters. The predicted molar refractivity (Wildman–Crippen MR) is 94.1 cm³/mol. The summed E-state index contributed by atoms with van der Waals surface area (Å²) in [7, 11) is 3.90. The first-order chi connectivity index (χ1) is 11.0. The number of carbonyl (C=O) groups excluding carboxylic acids is 1. The van der Waals surface area contributed by atoms with Crippen LogP contribution in [0.15, 0.2) is 48.5 Å². The van der Waals surface area contributed by atoms with Crippen LogP contribution in [0.1, 0.15) is 35.3 Å². The molecule has 0 aliphatic heterocycles. The minimum Gasteiger partial charge on any atom is -0.475 e. The van der Waals surface area contributed by atoms with Crippen molar-refractivity contribution in [3.63, 3.8) is 0 Å². The lowest BCUT2D eigenvalue weighted by Crippen LogP contribution is -2.30. The molecule has 122 valence electrons. The zero-order valence-electron chi connectivity index (χ0n) is 14.4. The summed E-state index contributed by atoms with van der Waals surface area (Å²) in [5.74, 6) is 0.722. The third-order valence-electron chi connectivity index (χ3n) is 4.01. The number of carbonyl (C=O) groups is 1. The van der Waals surface area contributed by atoms with E-state index in [1.165, 1.54) is 5.56 Å². The van der Waals surface area contributed by atoms with Gasteiger partial charge in [0.05, 0.1) is 5.56 Å². The number of para-hydroxylation sites is 1. The number of ketones is 1. The standard InChI is InChI=1S/C20H25NO2/c1-5-16-10-12-17(13-11-16)14-19(22)18-8-6-7-9-20(18)23-15(2)21(3)4/h6-13,15H,5,14H2,1-4H3. The average molecular weight is 311 g/mol. The van der Waals surface area contributed by atoms with Gasteiger partial charge in [-0.25, -0.2) is 0 Å². The van der Waals surface area contributed by atoms with Gasteiger partial charge in [-0.2, -0.15) is 0 Å². The Morgan fingerprint density at radius 1 is 1.04 bits per heavy atom. The molecular weight excluding hydrogens is 286 g/mol. The predicted octanol–water partition coefficient (Wildman–Crippen LogP) is 3.96. The summed E-state index contributed by atoms with van der Waals surface area (Å²) in [4.78, 5) is 14.6. The van der Waals surface area contributed by atoms with Crippen molar-refractivity contribution in [1.82, 2.24) is 4.90 Å². The first kappa shape index (κ1) is 17.2. The molecule has 0 fully saturated rings. The summed E-state index contributed by atoms with van der Waals surface area (Å²) in [5, 5.41) is 0. The fourth-order valence-corrected chi connectivity index (χ4v) is 2.26. The quantitative estimate of drug-likeness (QED) is 0.572. The third kappa shape index (κ3) is 4.67. The summed E-state index contributed by atoms with van der Waals surface area (Å²) in [6, 6.07) is 15.7. The summed E-state index contributed by atoms with van der Waals surface area (Å²) in [6.45, 7) is 4.09. The summed E-state index contributed by atoms with van der Waals surface area (Å²) in [6.07, 6.45) is 1.31. The summed E-state index contributed by atoms with van der Waals surface area (Å²) < 4.78 is 5.91. The van der Waals surface area contributed by atoms with Crippen LogP contribution in [-0.4, -0.2) is 31.0 Å². The van der Waals surface area contributed by atoms with Gasteiger partial charge in [-0.05, 0) is 50.7 Å². The molecule has 23 heavy (non-hydrogen) atoms. The number of aryl methyl sites for hydroxylation is 1. The Balaban J connectivity index is 2.15. The molecule has 0 aliphatic rings. The number of nitrogens with zero attached hydrogens (tertiary/aromatic N) is 1. The lowest BCUT2D eigenvalue weighted by atomic mass is 10.0. The highest BCUT2D eigenvalue weighted by Crippen LogP contribution is 2.22. The van der Waals surface area contributed by atoms with Crippen LogP contribution in [0.5, 0.6) is 5.75 Å². The van der Waals surface area contributed by atoms with Gasteiger partial charge in [0.2, 0.25) is 0 Å². The maximum Gasteiger partial charge on any atom is 0.170 e. The Bertz CT molecular complexity index is 647. The van der Waals surface area contributed by atoms with Crippen molar-refractivity contribution in [3.8, 4) is 5.75 Å². The first-order valence-corrected chi connectivity index (χ1v) is 8.04. The number of hydrogen-bond acceptors (Lipinski definition) is 3. The SMILES string of the molecule is CCc1ccc(CC(=O)c2ccccc2OC(C)N(C)C)cc1. The molecule has 0 heterocycles. The van der Waals surface area contributed by atoms with Crippen LogP contribution in [0.25, 0.3) is 0 Å². The largest absolute Gasteiger partial charge is 0.475 e. The van der Waals surface area contributed by atoms with Crippen molar-refractivity contribution in [2.45, 2.75) is 32.9 Å². The second-order valence-corrected chi connectivity index (χ2v) is 5.95. The Morgan fingerprint density at radius 3 is 2.26 bits per heavy atom. The molecule has 3 heteroatoms. The number of benzene rings is 2. The minimum atomic E-state index is -0.0900.